The largest absolute Gasteiger partial charge is 0.123 e. The van der Waals surface area contributed by atoms with E-state index in [1.807, 2.05) is 11.8 Å². The van der Waals surface area contributed by atoms with Crippen molar-refractivity contribution < 1.29 is 0 Å². The third-order valence-electron chi connectivity index (χ3n) is 2.46. The van der Waals surface area contributed by atoms with Gasteiger partial charge < -0.3 is 0 Å². The lowest BCUT2D eigenvalue weighted by Gasteiger charge is -2.10. The zero-order valence-corrected chi connectivity index (χ0v) is 10.8. The summed E-state index contributed by atoms with van der Waals surface area (Å²) < 4.78 is 0. The number of unbranched alkanes of at least 4 members (excludes halogenated alkanes) is 2. The molecule has 0 saturated carbocycles. The predicted molar refractivity (Wildman–Crippen MR) is 70.3 cm³/mol. The second-order valence-electron chi connectivity index (χ2n) is 4.08. The lowest BCUT2D eigenvalue weighted by atomic mass is 10.2. The molecular formula is C14H21S. The minimum atomic E-state index is 0.729. The second kappa shape index (κ2) is 6.95. The van der Waals surface area contributed by atoms with Crippen molar-refractivity contribution in [3.63, 3.8) is 0 Å². The molecule has 0 bridgehead atoms. The lowest BCUT2D eigenvalue weighted by molar-refractivity contribution is 0.722. The van der Waals surface area contributed by atoms with Crippen LogP contribution in [-0.4, -0.2) is 5.25 Å². The third kappa shape index (κ3) is 5.27. The molecule has 0 aromatic heterocycles. The van der Waals surface area contributed by atoms with Crippen LogP contribution in [0.4, 0.5) is 0 Å². The maximum absolute atomic E-state index is 2.32. The van der Waals surface area contributed by atoms with Gasteiger partial charge in [-0.05, 0) is 31.9 Å². The van der Waals surface area contributed by atoms with E-state index in [0.717, 1.165) is 5.25 Å². The second-order valence-corrected chi connectivity index (χ2v) is 5.59. The first kappa shape index (κ1) is 12.6. The first-order chi connectivity index (χ1) is 7.22. The molecule has 0 saturated heterocycles. The van der Waals surface area contributed by atoms with Gasteiger partial charge in [0.05, 0.1) is 0 Å². The maximum atomic E-state index is 2.32. The van der Waals surface area contributed by atoms with E-state index in [-0.39, 0.29) is 0 Å². The van der Waals surface area contributed by atoms with E-state index in [1.54, 1.807) is 0 Å². The van der Waals surface area contributed by atoms with Crippen LogP contribution in [0.25, 0.3) is 0 Å². The summed E-state index contributed by atoms with van der Waals surface area (Å²) in [5, 5.41) is 0.729. The smallest absolute Gasteiger partial charge is 0.00748 e. The van der Waals surface area contributed by atoms with Gasteiger partial charge in [-0.2, -0.15) is 0 Å². The molecule has 0 aliphatic heterocycles. The summed E-state index contributed by atoms with van der Waals surface area (Å²) in [4.78, 5) is 1.40. The molecule has 0 heterocycles. The third-order valence-corrected chi connectivity index (χ3v) is 3.64. The molecule has 0 nitrogen and oxygen atoms in total. The van der Waals surface area contributed by atoms with Gasteiger partial charge in [-0.3, -0.25) is 0 Å². The Balaban J connectivity index is 2.31. The van der Waals surface area contributed by atoms with Crippen LogP contribution < -0.4 is 0 Å². The van der Waals surface area contributed by atoms with Gasteiger partial charge in [0.25, 0.3) is 0 Å². The summed E-state index contributed by atoms with van der Waals surface area (Å²) >= 11 is 1.99. The van der Waals surface area contributed by atoms with Crippen LogP contribution in [0.2, 0.25) is 0 Å². The minimum Gasteiger partial charge on any atom is -0.123 e. The van der Waals surface area contributed by atoms with Crippen molar-refractivity contribution in [1.29, 1.82) is 0 Å². The Morgan fingerprint density at radius 3 is 2.53 bits per heavy atom. The van der Waals surface area contributed by atoms with E-state index in [1.165, 1.54) is 29.7 Å². The van der Waals surface area contributed by atoms with Crippen LogP contribution in [0.3, 0.4) is 0 Å². The topological polar surface area (TPSA) is 0 Å². The van der Waals surface area contributed by atoms with Crippen molar-refractivity contribution in [3.8, 4) is 0 Å². The number of rotatable bonds is 6. The SMILES string of the molecule is C[CH]CCCC(C)Sc1ccc(C)cc1. The minimum absolute atomic E-state index is 0.729. The highest BCUT2D eigenvalue weighted by molar-refractivity contribution is 7.99. The molecule has 1 rings (SSSR count). The summed E-state index contributed by atoms with van der Waals surface area (Å²) in [7, 11) is 0. The van der Waals surface area contributed by atoms with Crippen molar-refractivity contribution in [1.82, 2.24) is 0 Å². The highest BCUT2D eigenvalue weighted by atomic mass is 32.2. The number of hydrogen-bond acceptors (Lipinski definition) is 1. The lowest BCUT2D eigenvalue weighted by Crippen LogP contribution is -1.95. The number of benzene rings is 1. The molecule has 0 amide bonds. The van der Waals surface area contributed by atoms with Crippen molar-refractivity contribution in [2.75, 3.05) is 0 Å². The Morgan fingerprint density at radius 1 is 1.27 bits per heavy atom. The molecular weight excluding hydrogens is 200 g/mol. The molecule has 0 aliphatic carbocycles. The molecule has 1 aromatic carbocycles. The van der Waals surface area contributed by atoms with E-state index < -0.39 is 0 Å². The highest BCUT2D eigenvalue weighted by Gasteiger charge is 2.03. The van der Waals surface area contributed by atoms with Crippen LogP contribution >= 0.6 is 11.8 Å². The molecule has 1 atom stereocenters. The number of aryl methyl sites for hydroxylation is 1. The molecule has 0 N–H and O–H groups in total. The van der Waals surface area contributed by atoms with Gasteiger partial charge in [-0.15, -0.1) is 11.8 Å². The Kier molecular flexibility index (Phi) is 5.85. The van der Waals surface area contributed by atoms with Gasteiger partial charge in [-0.1, -0.05) is 44.4 Å². The standard InChI is InChI=1S/C14H21S/c1-4-5-6-7-13(3)15-14-10-8-12(2)9-11-14/h4,8-11,13H,5-7H2,1-3H3. The zero-order valence-electron chi connectivity index (χ0n) is 9.99. The normalized spacial score (nSPS) is 12.7. The summed E-state index contributed by atoms with van der Waals surface area (Å²) in [5.74, 6) is 0. The van der Waals surface area contributed by atoms with Gasteiger partial charge in [0, 0.05) is 10.1 Å². The monoisotopic (exact) mass is 221 g/mol. The van der Waals surface area contributed by atoms with Crippen LogP contribution in [0.15, 0.2) is 29.2 Å². The van der Waals surface area contributed by atoms with Gasteiger partial charge in [0.2, 0.25) is 0 Å². The van der Waals surface area contributed by atoms with E-state index in [0.29, 0.717) is 0 Å². The fraction of sp³-hybridized carbons (Fsp3) is 0.500. The van der Waals surface area contributed by atoms with Gasteiger partial charge in [0.15, 0.2) is 0 Å². The zero-order chi connectivity index (χ0) is 11.1. The van der Waals surface area contributed by atoms with Crippen molar-refractivity contribution in [3.05, 3.63) is 36.2 Å². The number of thioether (sulfide) groups is 1. The maximum Gasteiger partial charge on any atom is 0.00748 e. The molecule has 0 spiro atoms. The molecule has 1 unspecified atom stereocenters. The first-order valence-electron chi connectivity index (χ1n) is 5.73. The summed E-state index contributed by atoms with van der Waals surface area (Å²) in [6, 6.07) is 8.83. The number of hydrogen-bond donors (Lipinski definition) is 0. The van der Waals surface area contributed by atoms with Crippen LogP contribution in [0.5, 0.6) is 0 Å². The molecule has 1 heteroatoms. The molecule has 1 radical (unpaired) electrons. The van der Waals surface area contributed by atoms with E-state index in [9.17, 15) is 0 Å². The molecule has 15 heavy (non-hydrogen) atoms. The van der Waals surface area contributed by atoms with E-state index in [4.69, 9.17) is 0 Å². The van der Waals surface area contributed by atoms with Crippen LogP contribution in [-0.2, 0) is 0 Å². The molecule has 83 valence electrons. The first-order valence-corrected chi connectivity index (χ1v) is 6.61. The van der Waals surface area contributed by atoms with Crippen molar-refractivity contribution >= 4 is 11.8 Å². The fourth-order valence-corrected chi connectivity index (χ4v) is 2.56. The van der Waals surface area contributed by atoms with Gasteiger partial charge >= 0.3 is 0 Å². The Labute approximate surface area is 98.5 Å². The quantitative estimate of drug-likeness (QED) is 0.488. The summed E-state index contributed by atoms with van der Waals surface area (Å²) in [5.41, 5.74) is 1.34. The molecule has 1 aromatic rings. The summed E-state index contributed by atoms with van der Waals surface area (Å²) in [6.07, 6.45) is 6.13. The van der Waals surface area contributed by atoms with Crippen LogP contribution in [0.1, 0.15) is 38.7 Å². The van der Waals surface area contributed by atoms with Crippen molar-refractivity contribution in [2.45, 2.75) is 50.2 Å². The summed E-state index contributed by atoms with van der Waals surface area (Å²) in [6.45, 7) is 6.59. The average Bonchev–Trinajstić information content (AvgIpc) is 2.22. The Hall–Kier alpha value is -0.430. The Bertz CT molecular complexity index is 263. The molecule has 0 fully saturated rings. The highest BCUT2D eigenvalue weighted by Crippen LogP contribution is 2.26. The van der Waals surface area contributed by atoms with Gasteiger partial charge in [-0.25, -0.2) is 0 Å². The average molecular weight is 221 g/mol. The fourth-order valence-electron chi connectivity index (χ4n) is 1.52. The van der Waals surface area contributed by atoms with Crippen molar-refractivity contribution in [2.24, 2.45) is 0 Å². The van der Waals surface area contributed by atoms with E-state index in [2.05, 4.69) is 51.5 Å². The van der Waals surface area contributed by atoms with Crippen LogP contribution in [0, 0.1) is 13.3 Å². The van der Waals surface area contributed by atoms with Gasteiger partial charge in [0.1, 0.15) is 0 Å². The van der Waals surface area contributed by atoms with E-state index >= 15 is 0 Å². The predicted octanol–water partition coefficient (Wildman–Crippen LogP) is 4.87. The molecule has 0 aliphatic rings. The Morgan fingerprint density at radius 2 is 1.93 bits per heavy atom.